The Morgan fingerprint density at radius 3 is 2.62 bits per heavy atom. The Balaban J connectivity index is 3.12. The van der Waals surface area contributed by atoms with Gasteiger partial charge in [0.15, 0.2) is 5.06 Å². The molecule has 1 rings (SSSR count). The van der Waals surface area contributed by atoms with Gasteiger partial charge in [0.05, 0.1) is 0 Å². The molecule has 72 valence electrons. The Bertz CT molecular complexity index is 303. The summed E-state index contributed by atoms with van der Waals surface area (Å²) in [5, 5.41) is 25.2. The minimum Gasteiger partial charge on any atom is -0.508 e. The molecule has 2 atom stereocenters. The van der Waals surface area contributed by atoms with E-state index in [-0.39, 0.29) is 5.76 Å². The topological polar surface area (TPSA) is 77.8 Å². The van der Waals surface area contributed by atoms with Crippen molar-refractivity contribution in [3.05, 3.63) is 23.5 Å². The molecule has 4 nitrogen and oxygen atoms in total. The summed E-state index contributed by atoms with van der Waals surface area (Å²) in [6.07, 6.45) is 2.16. The van der Waals surface area contributed by atoms with Crippen LogP contribution in [0, 0.1) is 5.92 Å². The quantitative estimate of drug-likeness (QED) is 0.558. The molecule has 0 heterocycles. The van der Waals surface area contributed by atoms with Crippen LogP contribution in [0.3, 0.4) is 0 Å². The SMILES string of the molecule is CC1=CC(O)=CC(O)(Cl)C1C(=O)O. The largest absolute Gasteiger partial charge is 0.508 e. The number of aliphatic carboxylic acids is 1. The number of alkyl halides is 1. The van der Waals surface area contributed by atoms with Crippen molar-refractivity contribution in [2.24, 2.45) is 5.92 Å². The van der Waals surface area contributed by atoms with Gasteiger partial charge >= 0.3 is 5.97 Å². The number of rotatable bonds is 1. The van der Waals surface area contributed by atoms with Gasteiger partial charge in [-0.25, -0.2) is 0 Å². The van der Waals surface area contributed by atoms with Gasteiger partial charge in [-0.3, -0.25) is 4.79 Å². The minimum absolute atomic E-state index is 0.229. The molecule has 2 unspecified atom stereocenters. The zero-order valence-electron chi connectivity index (χ0n) is 6.86. The molecule has 0 aromatic carbocycles. The standard InChI is InChI=1S/C8H9ClO4/c1-4-2-5(10)3-8(9,13)6(4)7(11)12/h2-3,6,10,13H,1H3,(H,11,12). The molecule has 13 heavy (non-hydrogen) atoms. The lowest BCUT2D eigenvalue weighted by Crippen LogP contribution is -2.38. The van der Waals surface area contributed by atoms with Crippen molar-refractivity contribution in [2.75, 3.05) is 0 Å². The second-order valence-corrected chi connectivity index (χ2v) is 3.56. The zero-order chi connectivity index (χ0) is 10.2. The van der Waals surface area contributed by atoms with Gasteiger partial charge in [-0.1, -0.05) is 17.2 Å². The predicted octanol–water partition coefficient (Wildman–Crippen LogP) is 1.02. The summed E-state index contributed by atoms with van der Waals surface area (Å²) in [6.45, 7) is 1.48. The summed E-state index contributed by atoms with van der Waals surface area (Å²) >= 11 is 5.52. The average Bonchev–Trinajstić information content (AvgIpc) is 1.78. The monoisotopic (exact) mass is 204 g/mol. The zero-order valence-corrected chi connectivity index (χ0v) is 7.62. The molecule has 3 N–H and O–H groups in total. The van der Waals surface area contributed by atoms with E-state index in [9.17, 15) is 9.90 Å². The van der Waals surface area contributed by atoms with E-state index in [2.05, 4.69) is 0 Å². The summed E-state index contributed by atoms with van der Waals surface area (Å²) in [6, 6.07) is 0. The van der Waals surface area contributed by atoms with E-state index in [1.165, 1.54) is 13.0 Å². The number of hydrogen-bond donors (Lipinski definition) is 3. The number of aliphatic hydroxyl groups excluding tert-OH is 1. The fourth-order valence-electron chi connectivity index (χ4n) is 1.34. The third-order valence-electron chi connectivity index (χ3n) is 1.83. The van der Waals surface area contributed by atoms with Crippen LogP contribution in [-0.2, 0) is 4.79 Å². The molecule has 0 radical (unpaired) electrons. The van der Waals surface area contributed by atoms with Crippen molar-refractivity contribution in [1.82, 2.24) is 0 Å². The van der Waals surface area contributed by atoms with Crippen LogP contribution in [0.2, 0.25) is 0 Å². The van der Waals surface area contributed by atoms with Gasteiger partial charge in [0.25, 0.3) is 0 Å². The molecule has 0 saturated heterocycles. The van der Waals surface area contributed by atoms with Crippen LogP contribution in [0.4, 0.5) is 0 Å². The van der Waals surface area contributed by atoms with E-state index in [1.807, 2.05) is 0 Å². The van der Waals surface area contributed by atoms with E-state index in [4.69, 9.17) is 21.8 Å². The van der Waals surface area contributed by atoms with Gasteiger partial charge in [0, 0.05) is 6.08 Å². The maximum Gasteiger partial charge on any atom is 0.315 e. The maximum absolute atomic E-state index is 10.7. The Hall–Kier alpha value is -1.00. The highest BCUT2D eigenvalue weighted by Gasteiger charge is 2.42. The van der Waals surface area contributed by atoms with Crippen molar-refractivity contribution < 1.29 is 20.1 Å². The highest BCUT2D eigenvalue weighted by Crippen LogP contribution is 2.35. The smallest absolute Gasteiger partial charge is 0.315 e. The molecule has 0 aliphatic heterocycles. The van der Waals surface area contributed by atoms with Gasteiger partial charge < -0.3 is 15.3 Å². The fourth-order valence-corrected chi connectivity index (χ4v) is 1.71. The number of carboxylic acid groups (broad SMARTS) is 1. The summed E-state index contributed by atoms with van der Waals surface area (Å²) in [5.74, 6) is -2.67. The van der Waals surface area contributed by atoms with Crippen LogP contribution in [0.5, 0.6) is 0 Å². The van der Waals surface area contributed by atoms with Crippen LogP contribution in [0.1, 0.15) is 6.92 Å². The molecule has 0 aromatic heterocycles. The van der Waals surface area contributed by atoms with E-state index >= 15 is 0 Å². The van der Waals surface area contributed by atoms with Crippen molar-refractivity contribution in [2.45, 2.75) is 12.0 Å². The molecule has 0 spiro atoms. The molecular formula is C8H9ClO4. The molecular weight excluding hydrogens is 196 g/mol. The fraction of sp³-hybridized carbons (Fsp3) is 0.375. The lowest BCUT2D eigenvalue weighted by atomic mass is 9.89. The van der Waals surface area contributed by atoms with Gasteiger partial charge in [-0.2, -0.15) is 0 Å². The van der Waals surface area contributed by atoms with Crippen molar-refractivity contribution in [1.29, 1.82) is 0 Å². The van der Waals surface area contributed by atoms with Crippen LogP contribution in [0.15, 0.2) is 23.5 Å². The summed E-state index contributed by atoms with van der Waals surface area (Å²) < 4.78 is 0. The normalized spacial score (nSPS) is 33.6. The molecule has 0 aromatic rings. The molecule has 0 saturated carbocycles. The lowest BCUT2D eigenvalue weighted by molar-refractivity contribution is -0.144. The Labute approximate surface area is 79.8 Å². The average molecular weight is 205 g/mol. The first kappa shape index (κ1) is 10.1. The van der Waals surface area contributed by atoms with Crippen LogP contribution >= 0.6 is 11.6 Å². The van der Waals surface area contributed by atoms with Gasteiger partial charge in [0.1, 0.15) is 11.7 Å². The highest BCUT2D eigenvalue weighted by atomic mass is 35.5. The third kappa shape index (κ3) is 1.84. The summed E-state index contributed by atoms with van der Waals surface area (Å²) in [4.78, 5) is 10.7. The van der Waals surface area contributed by atoms with Gasteiger partial charge in [-0.05, 0) is 13.0 Å². The molecule has 0 amide bonds. The molecule has 1 aliphatic carbocycles. The first-order valence-corrected chi connectivity index (χ1v) is 3.96. The van der Waals surface area contributed by atoms with Crippen molar-refractivity contribution in [3.8, 4) is 0 Å². The second kappa shape index (κ2) is 3.05. The van der Waals surface area contributed by atoms with E-state index in [0.717, 1.165) is 6.08 Å². The number of carbonyl (C=O) groups is 1. The first-order valence-electron chi connectivity index (χ1n) is 3.58. The van der Waals surface area contributed by atoms with E-state index in [0.29, 0.717) is 5.57 Å². The van der Waals surface area contributed by atoms with E-state index < -0.39 is 16.9 Å². The molecule has 0 fully saturated rings. The van der Waals surface area contributed by atoms with Crippen LogP contribution < -0.4 is 0 Å². The Kier molecular flexibility index (Phi) is 2.36. The lowest BCUT2D eigenvalue weighted by Gasteiger charge is -2.28. The van der Waals surface area contributed by atoms with Crippen LogP contribution in [-0.4, -0.2) is 26.3 Å². The molecule has 1 aliphatic rings. The van der Waals surface area contributed by atoms with Crippen molar-refractivity contribution in [3.63, 3.8) is 0 Å². The minimum atomic E-state index is -2.05. The van der Waals surface area contributed by atoms with Gasteiger partial charge in [-0.15, -0.1) is 0 Å². The van der Waals surface area contributed by atoms with Crippen LogP contribution in [0.25, 0.3) is 0 Å². The number of aliphatic hydroxyl groups is 2. The number of hydrogen-bond acceptors (Lipinski definition) is 3. The summed E-state index contributed by atoms with van der Waals surface area (Å²) in [5.41, 5.74) is 0.310. The second-order valence-electron chi connectivity index (χ2n) is 2.96. The maximum atomic E-state index is 10.7. The number of halogens is 1. The summed E-state index contributed by atoms with van der Waals surface area (Å²) in [7, 11) is 0. The number of allylic oxidation sites excluding steroid dienone is 1. The predicted molar refractivity (Wildman–Crippen MR) is 46.4 cm³/mol. The first-order chi connectivity index (χ1) is 5.84. The number of carboxylic acids is 1. The van der Waals surface area contributed by atoms with E-state index in [1.54, 1.807) is 0 Å². The third-order valence-corrected chi connectivity index (χ3v) is 2.16. The highest BCUT2D eigenvalue weighted by molar-refractivity contribution is 6.25. The Morgan fingerprint density at radius 2 is 2.23 bits per heavy atom. The molecule has 5 heteroatoms. The van der Waals surface area contributed by atoms with Crippen molar-refractivity contribution >= 4 is 17.6 Å². The molecule has 0 bridgehead atoms. The Morgan fingerprint density at radius 1 is 1.69 bits per heavy atom. The van der Waals surface area contributed by atoms with Gasteiger partial charge in [0.2, 0.25) is 0 Å².